The first-order valence-corrected chi connectivity index (χ1v) is 6.20. The van der Waals surface area contributed by atoms with Crippen LogP contribution in [0.2, 0.25) is 0 Å². The van der Waals surface area contributed by atoms with Crippen LogP contribution in [-0.2, 0) is 15.1 Å². The molecule has 100 valence electrons. The lowest BCUT2D eigenvalue weighted by molar-refractivity contribution is -0.170. The Labute approximate surface area is 109 Å². The van der Waals surface area contributed by atoms with Crippen molar-refractivity contribution in [2.24, 2.45) is 5.41 Å². The highest BCUT2D eigenvalue weighted by Gasteiger charge is 2.48. The smallest absolute Gasteiger partial charge is 0.314 e. The van der Waals surface area contributed by atoms with Crippen molar-refractivity contribution in [3.8, 4) is 0 Å². The normalized spacial score (nSPS) is 15.0. The van der Waals surface area contributed by atoms with Crippen molar-refractivity contribution in [1.82, 2.24) is 0 Å². The lowest BCUT2D eigenvalue weighted by atomic mass is 9.71. The topological polar surface area (TPSA) is 46.5 Å². The van der Waals surface area contributed by atoms with Gasteiger partial charge in [-0.25, -0.2) is 0 Å². The number of esters is 1. The minimum absolute atomic E-state index is 0.312. The van der Waals surface area contributed by atoms with Crippen molar-refractivity contribution in [2.75, 3.05) is 6.61 Å². The molecule has 1 aromatic rings. The molecule has 0 aliphatic rings. The van der Waals surface area contributed by atoms with Gasteiger partial charge in [0, 0.05) is 0 Å². The van der Waals surface area contributed by atoms with Crippen LogP contribution in [0.5, 0.6) is 0 Å². The Morgan fingerprint density at radius 3 is 2.33 bits per heavy atom. The van der Waals surface area contributed by atoms with E-state index in [-0.39, 0.29) is 0 Å². The third kappa shape index (κ3) is 2.41. The Morgan fingerprint density at radius 2 is 1.83 bits per heavy atom. The zero-order valence-corrected chi connectivity index (χ0v) is 11.8. The highest BCUT2D eigenvalue weighted by molar-refractivity contribution is 5.78. The van der Waals surface area contributed by atoms with Gasteiger partial charge < -0.3 is 9.84 Å². The Bertz CT molecular complexity index is 433. The van der Waals surface area contributed by atoms with Crippen LogP contribution in [-0.4, -0.2) is 17.7 Å². The van der Waals surface area contributed by atoms with Gasteiger partial charge in [0.25, 0.3) is 0 Å². The monoisotopic (exact) mass is 250 g/mol. The van der Waals surface area contributed by atoms with E-state index in [1.165, 1.54) is 0 Å². The van der Waals surface area contributed by atoms with E-state index in [2.05, 4.69) is 0 Å². The van der Waals surface area contributed by atoms with Crippen LogP contribution in [0.3, 0.4) is 0 Å². The number of carbonyl (C=O) groups is 1. The number of benzene rings is 1. The molecule has 0 fully saturated rings. The Morgan fingerprint density at radius 1 is 1.28 bits per heavy atom. The molecule has 0 heterocycles. The molecule has 0 amide bonds. The standard InChI is InChI=1S/C15H22O3/c1-6-18-13(16)14(3,4)15(5,17)12-10-8-7-9-11(12)2/h7-10,17H,6H2,1-5H3. The summed E-state index contributed by atoms with van der Waals surface area (Å²) >= 11 is 0. The van der Waals surface area contributed by atoms with Gasteiger partial charge in [-0.1, -0.05) is 24.3 Å². The Kier molecular flexibility index (Phi) is 4.17. The molecule has 0 bridgehead atoms. The molecule has 0 radical (unpaired) electrons. The van der Waals surface area contributed by atoms with Crippen molar-refractivity contribution in [3.63, 3.8) is 0 Å². The summed E-state index contributed by atoms with van der Waals surface area (Å²) in [5, 5.41) is 10.8. The largest absolute Gasteiger partial charge is 0.465 e. The lowest BCUT2D eigenvalue weighted by Gasteiger charge is -2.39. The molecule has 0 aromatic heterocycles. The van der Waals surface area contributed by atoms with Crippen LogP contribution in [0, 0.1) is 12.3 Å². The Hall–Kier alpha value is -1.35. The van der Waals surface area contributed by atoms with Crippen molar-refractivity contribution in [2.45, 2.75) is 40.2 Å². The molecule has 0 saturated heterocycles. The third-order valence-electron chi connectivity index (χ3n) is 3.67. The molecule has 0 aliphatic carbocycles. The summed E-state index contributed by atoms with van der Waals surface area (Å²) in [4.78, 5) is 12.0. The molecule has 1 aromatic carbocycles. The summed E-state index contributed by atoms with van der Waals surface area (Å²) in [6.45, 7) is 9.06. The molecule has 3 heteroatoms. The minimum Gasteiger partial charge on any atom is -0.465 e. The molecule has 1 unspecified atom stereocenters. The van der Waals surface area contributed by atoms with Crippen LogP contribution < -0.4 is 0 Å². The third-order valence-corrected chi connectivity index (χ3v) is 3.67. The number of rotatable bonds is 4. The number of hydrogen-bond donors (Lipinski definition) is 1. The maximum atomic E-state index is 12.0. The summed E-state index contributed by atoms with van der Waals surface area (Å²) in [5.41, 5.74) is -0.567. The second kappa shape index (κ2) is 5.11. The zero-order chi connectivity index (χ0) is 14.0. The average molecular weight is 250 g/mol. The summed E-state index contributed by atoms with van der Waals surface area (Å²) in [6.07, 6.45) is 0. The fourth-order valence-corrected chi connectivity index (χ4v) is 1.97. The summed E-state index contributed by atoms with van der Waals surface area (Å²) in [7, 11) is 0. The first-order valence-electron chi connectivity index (χ1n) is 6.20. The number of aryl methyl sites for hydroxylation is 1. The van der Waals surface area contributed by atoms with E-state index in [1.807, 2.05) is 31.2 Å². The zero-order valence-electron chi connectivity index (χ0n) is 11.8. The minimum atomic E-state index is -1.27. The van der Waals surface area contributed by atoms with E-state index in [9.17, 15) is 9.90 Å². The second-order valence-electron chi connectivity index (χ2n) is 5.23. The van der Waals surface area contributed by atoms with Crippen LogP contribution in [0.15, 0.2) is 24.3 Å². The van der Waals surface area contributed by atoms with Gasteiger partial charge in [-0.15, -0.1) is 0 Å². The van der Waals surface area contributed by atoms with Crippen molar-refractivity contribution < 1.29 is 14.6 Å². The number of aliphatic hydroxyl groups is 1. The predicted molar refractivity (Wildman–Crippen MR) is 71.2 cm³/mol. The predicted octanol–water partition coefficient (Wildman–Crippen LogP) is 2.79. The van der Waals surface area contributed by atoms with Gasteiger partial charge in [-0.2, -0.15) is 0 Å². The first kappa shape index (κ1) is 14.7. The summed E-state index contributed by atoms with van der Waals surface area (Å²) in [6, 6.07) is 7.53. The number of carbonyl (C=O) groups excluding carboxylic acids is 1. The van der Waals surface area contributed by atoms with Gasteiger partial charge in [0.2, 0.25) is 0 Å². The molecular weight excluding hydrogens is 228 g/mol. The first-order chi connectivity index (χ1) is 8.25. The summed E-state index contributed by atoms with van der Waals surface area (Å²) < 4.78 is 5.06. The van der Waals surface area contributed by atoms with Gasteiger partial charge in [0.15, 0.2) is 0 Å². The average Bonchev–Trinajstić information content (AvgIpc) is 2.29. The highest BCUT2D eigenvalue weighted by atomic mass is 16.5. The molecular formula is C15H22O3. The second-order valence-corrected chi connectivity index (χ2v) is 5.23. The fourth-order valence-electron chi connectivity index (χ4n) is 1.97. The lowest BCUT2D eigenvalue weighted by Crippen LogP contribution is -2.46. The number of hydrogen-bond acceptors (Lipinski definition) is 3. The van der Waals surface area contributed by atoms with Crippen LogP contribution in [0.4, 0.5) is 0 Å². The maximum absolute atomic E-state index is 12.0. The van der Waals surface area contributed by atoms with Crippen molar-refractivity contribution in [3.05, 3.63) is 35.4 Å². The molecule has 0 aliphatic heterocycles. The van der Waals surface area contributed by atoms with Gasteiger partial charge in [0.05, 0.1) is 12.0 Å². The summed E-state index contributed by atoms with van der Waals surface area (Å²) in [5.74, 6) is -0.391. The SMILES string of the molecule is CCOC(=O)C(C)(C)C(C)(O)c1ccccc1C. The van der Waals surface area contributed by atoms with Gasteiger partial charge in [0.1, 0.15) is 5.60 Å². The van der Waals surface area contributed by atoms with Gasteiger partial charge in [-0.3, -0.25) is 4.79 Å². The molecule has 1 rings (SSSR count). The van der Waals surface area contributed by atoms with Gasteiger partial charge >= 0.3 is 5.97 Å². The van der Waals surface area contributed by atoms with E-state index in [0.29, 0.717) is 6.61 Å². The van der Waals surface area contributed by atoms with Crippen molar-refractivity contribution in [1.29, 1.82) is 0 Å². The number of ether oxygens (including phenoxy) is 1. The van der Waals surface area contributed by atoms with E-state index >= 15 is 0 Å². The molecule has 18 heavy (non-hydrogen) atoms. The highest BCUT2D eigenvalue weighted by Crippen LogP contribution is 2.41. The van der Waals surface area contributed by atoms with Gasteiger partial charge in [-0.05, 0) is 45.7 Å². The maximum Gasteiger partial charge on any atom is 0.314 e. The fraction of sp³-hybridized carbons (Fsp3) is 0.533. The van der Waals surface area contributed by atoms with Crippen LogP contribution >= 0.6 is 0 Å². The molecule has 0 saturated carbocycles. The molecule has 1 N–H and O–H groups in total. The quantitative estimate of drug-likeness (QED) is 0.836. The molecule has 0 spiro atoms. The van der Waals surface area contributed by atoms with E-state index < -0.39 is 17.0 Å². The molecule has 1 atom stereocenters. The van der Waals surface area contributed by atoms with E-state index in [1.54, 1.807) is 27.7 Å². The molecule has 3 nitrogen and oxygen atoms in total. The Balaban J connectivity index is 3.20. The van der Waals surface area contributed by atoms with E-state index in [4.69, 9.17) is 4.74 Å². The van der Waals surface area contributed by atoms with Crippen LogP contribution in [0.1, 0.15) is 38.8 Å². The van der Waals surface area contributed by atoms with E-state index in [0.717, 1.165) is 11.1 Å². The van der Waals surface area contributed by atoms with Crippen LogP contribution in [0.25, 0.3) is 0 Å². The van der Waals surface area contributed by atoms with Crippen molar-refractivity contribution >= 4 is 5.97 Å².